The van der Waals surface area contributed by atoms with Crippen LogP contribution in [-0.2, 0) is 13.1 Å². The Morgan fingerprint density at radius 2 is 1.67 bits per heavy atom. The van der Waals surface area contributed by atoms with Crippen molar-refractivity contribution >= 4 is 16.5 Å². The highest BCUT2D eigenvalue weighted by Crippen LogP contribution is 2.26. The summed E-state index contributed by atoms with van der Waals surface area (Å²) in [5.41, 5.74) is 2.20. The molecule has 0 aliphatic carbocycles. The Morgan fingerprint density at radius 1 is 0.926 bits per heavy atom. The van der Waals surface area contributed by atoms with Crippen molar-refractivity contribution in [2.75, 3.05) is 18.0 Å². The van der Waals surface area contributed by atoms with Crippen molar-refractivity contribution < 1.29 is 4.39 Å². The summed E-state index contributed by atoms with van der Waals surface area (Å²) in [6, 6.07) is 10.7. The van der Waals surface area contributed by atoms with Crippen LogP contribution in [0, 0.1) is 5.82 Å². The van der Waals surface area contributed by atoms with Gasteiger partial charge in [0.1, 0.15) is 5.82 Å². The van der Waals surface area contributed by atoms with E-state index >= 15 is 0 Å². The predicted molar refractivity (Wildman–Crippen MR) is 107 cm³/mol. The first-order valence-corrected chi connectivity index (χ1v) is 10.3. The number of hydrogen-bond donors (Lipinski definition) is 1. The third-order valence-corrected chi connectivity index (χ3v) is 5.85. The van der Waals surface area contributed by atoms with Crippen molar-refractivity contribution in [1.29, 1.82) is 0 Å². The van der Waals surface area contributed by atoms with Crippen LogP contribution in [0.4, 0.5) is 9.52 Å². The van der Waals surface area contributed by atoms with E-state index in [1.807, 2.05) is 12.3 Å². The van der Waals surface area contributed by atoms with Crippen LogP contribution < -0.4 is 10.2 Å². The van der Waals surface area contributed by atoms with Crippen LogP contribution in [0.5, 0.6) is 0 Å². The molecule has 0 spiro atoms. The Hall–Kier alpha value is -2.25. The number of halogens is 1. The van der Waals surface area contributed by atoms with Gasteiger partial charge in [0.15, 0.2) is 0 Å². The molecule has 1 aliphatic heterocycles. The molecule has 1 aliphatic rings. The first-order chi connectivity index (χ1) is 13.3. The van der Waals surface area contributed by atoms with Crippen LogP contribution in [-0.4, -0.2) is 27.9 Å². The quantitative estimate of drug-likeness (QED) is 0.693. The molecule has 3 aromatic rings. The Bertz CT molecular complexity index is 849. The lowest BCUT2D eigenvalue weighted by Gasteiger charge is -2.17. The number of aromatic nitrogens is 3. The summed E-state index contributed by atoms with van der Waals surface area (Å²) in [6.45, 7) is 3.56. The van der Waals surface area contributed by atoms with Gasteiger partial charge in [-0.3, -0.25) is 4.57 Å². The van der Waals surface area contributed by atoms with E-state index in [0.29, 0.717) is 13.1 Å². The van der Waals surface area contributed by atoms with Gasteiger partial charge in [0.2, 0.25) is 10.3 Å². The molecule has 1 fully saturated rings. The highest BCUT2D eigenvalue weighted by atomic mass is 32.1. The first kappa shape index (κ1) is 18.1. The second-order valence-electron chi connectivity index (χ2n) is 6.87. The maximum absolute atomic E-state index is 13.0. The molecule has 7 heteroatoms. The van der Waals surface area contributed by atoms with Gasteiger partial charge in [0, 0.05) is 38.1 Å². The molecular weight excluding hydrogens is 361 g/mol. The number of nitrogens with one attached hydrogen (secondary N) is 1. The molecule has 1 N–H and O–H groups in total. The number of anilines is 1. The van der Waals surface area contributed by atoms with E-state index in [-0.39, 0.29) is 5.82 Å². The topological polar surface area (TPSA) is 46.0 Å². The highest BCUT2D eigenvalue weighted by Gasteiger charge is 2.16. The van der Waals surface area contributed by atoms with Gasteiger partial charge in [-0.25, -0.2) is 4.39 Å². The van der Waals surface area contributed by atoms with Gasteiger partial charge in [-0.15, -0.1) is 10.2 Å². The molecule has 27 heavy (non-hydrogen) atoms. The molecule has 0 saturated carbocycles. The van der Waals surface area contributed by atoms with E-state index in [0.717, 1.165) is 34.6 Å². The monoisotopic (exact) mass is 385 g/mol. The fourth-order valence-electron chi connectivity index (χ4n) is 3.38. The smallest absolute Gasteiger partial charge is 0.218 e. The highest BCUT2D eigenvalue weighted by molar-refractivity contribution is 7.17. The Kier molecular flexibility index (Phi) is 5.79. The molecule has 0 radical (unpaired) electrons. The summed E-state index contributed by atoms with van der Waals surface area (Å²) in [5.74, 6) is -0.205. The van der Waals surface area contributed by atoms with Gasteiger partial charge >= 0.3 is 0 Å². The minimum Gasteiger partial charge on any atom is -0.347 e. The molecule has 5 nitrogen and oxygen atoms in total. The first-order valence-electron chi connectivity index (χ1n) is 9.50. The zero-order chi connectivity index (χ0) is 18.5. The van der Waals surface area contributed by atoms with Crippen molar-refractivity contribution in [3.63, 3.8) is 0 Å². The molecule has 4 rings (SSSR count). The molecule has 1 saturated heterocycles. The van der Waals surface area contributed by atoms with Gasteiger partial charge in [-0.05, 0) is 42.7 Å². The third kappa shape index (κ3) is 4.54. The maximum Gasteiger partial charge on any atom is 0.218 e. The number of rotatable bonds is 6. The Morgan fingerprint density at radius 3 is 2.44 bits per heavy atom. The number of benzene rings is 1. The van der Waals surface area contributed by atoms with Crippen molar-refractivity contribution in [2.45, 2.75) is 38.8 Å². The third-order valence-electron chi connectivity index (χ3n) is 4.87. The normalized spacial score (nSPS) is 15.1. The molecular formula is C20H24FN5S. The molecule has 142 valence electrons. The molecule has 1 aromatic carbocycles. The zero-order valence-electron chi connectivity index (χ0n) is 15.3. The second-order valence-corrected chi connectivity index (χ2v) is 7.80. The van der Waals surface area contributed by atoms with Gasteiger partial charge < -0.3 is 10.2 Å². The maximum atomic E-state index is 13.0. The lowest BCUT2D eigenvalue weighted by atomic mass is 10.2. The number of hydrogen-bond acceptors (Lipinski definition) is 5. The van der Waals surface area contributed by atoms with Gasteiger partial charge in [0.25, 0.3) is 0 Å². The van der Waals surface area contributed by atoms with Crippen LogP contribution in [0.15, 0.2) is 42.6 Å². The molecule has 2 aromatic heterocycles. The molecule has 3 heterocycles. The molecule has 0 amide bonds. The predicted octanol–water partition coefficient (Wildman–Crippen LogP) is 4.14. The van der Waals surface area contributed by atoms with Crippen LogP contribution in [0.25, 0.3) is 5.13 Å². The minimum absolute atomic E-state index is 0.205. The molecule has 0 atom stereocenters. The second kappa shape index (κ2) is 8.63. The van der Waals surface area contributed by atoms with E-state index in [9.17, 15) is 4.39 Å². The lowest BCUT2D eigenvalue weighted by Crippen LogP contribution is -2.23. The summed E-state index contributed by atoms with van der Waals surface area (Å²) in [6.07, 6.45) is 7.11. The van der Waals surface area contributed by atoms with Crippen LogP contribution >= 0.6 is 11.3 Å². The van der Waals surface area contributed by atoms with Gasteiger partial charge in [-0.2, -0.15) is 0 Å². The Labute approximate surface area is 162 Å². The Balaban J connectivity index is 1.40. The minimum atomic E-state index is -0.205. The van der Waals surface area contributed by atoms with Crippen LogP contribution in [0.3, 0.4) is 0 Å². The summed E-state index contributed by atoms with van der Waals surface area (Å²) in [4.78, 5) is 2.37. The van der Waals surface area contributed by atoms with Crippen molar-refractivity contribution in [2.24, 2.45) is 0 Å². The molecule has 0 unspecified atom stereocenters. The fourth-order valence-corrected chi connectivity index (χ4v) is 4.29. The van der Waals surface area contributed by atoms with Crippen molar-refractivity contribution in [3.05, 3.63) is 59.7 Å². The zero-order valence-corrected chi connectivity index (χ0v) is 16.1. The standard InChI is InChI=1S/C20H24FN5S/c21-17-9-7-16(8-10-17)14-22-15-18-6-5-13-26(18)20-24-23-19(27-20)25-11-3-1-2-4-12-25/h5-10,13,22H,1-4,11-12,14-15H2. The van der Waals surface area contributed by atoms with Crippen LogP contribution in [0.2, 0.25) is 0 Å². The number of nitrogens with zero attached hydrogens (tertiary/aromatic N) is 4. The lowest BCUT2D eigenvalue weighted by molar-refractivity contribution is 0.624. The summed E-state index contributed by atoms with van der Waals surface area (Å²) in [5, 5.41) is 14.2. The van der Waals surface area contributed by atoms with Gasteiger partial charge in [-0.1, -0.05) is 36.3 Å². The van der Waals surface area contributed by atoms with Gasteiger partial charge in [0.05, 0.1) is 0 Å². The summed E-state index contributed by atoms with van der Waals surface area (Å²) < 4.78 is 15.1. The fraction of sp³-hybridized carbons (Fsp3) is 0.400. The molecule has 0 bridgehead atoms. The van der Waals surface area contributed by atoms with E-state index in [2.05, 4.69) is 31.0 Å². The van der Waals surface area contributed by atoms with Crippen LogP contribution in [0.1, 0.15) is 36.9 Å². The van der Waals surface area contributed by atoms with E-state index in [1.165, 1.54) is 37.8 Å². The van der Waals surface area contributed by atoms with Crippen molar-refractivity contribution in [1.82, 2.24) is 20.1 Å². The van der Waals surface area contributed by atoms with E-state index in [1.54, 1.807) is 23.5 Å². The van der Waals surface area contributed by atoms with E-state index < -0.39 is 0 Å². The summed E-state index contributed by atoms with van der Waals surface area (Å²) >= 11 is 1.65. The average molecular weight is 386 g/mol. The average Bonchev–Trinajstić information content (AvgIpc) is 3.26. The van der Waals surface area contributed by atoms with Crippen molar-refractivity contribution in [3.8, 4) is 5.13 Å². The SMILES string of the molecule is Fc1ccc(CNCc2cccn2-c2nnc(N3CCCCCC3)s2)cc1. The van der Waals surface area contributed by atoms with E-state index in [4.69, 9.17) is 0 Å². The summed E-state index contributed by atoms with van der Waals surface area (Å²) in [7, 11) is 0. The largest absolute Gasteiger partial charge is 0.347 e.